The van der Waals surface area contributed by atoms with E-state index in [1.165, 1.54) is 6.07 Å². The normalized spacial score (nSPS) is 14.6. The number of halogens is 2. The van der Waals surface area contributed by atoms with E-state index < -0.39 is 5.82 Å². The van der Waals surface area contributed by atoms with E-state index in [0.717, 1.165) is 16.3 Å². The molecular weight excluding hydrogens is 329 g/mol. The number of piperazine rings is 1. The highest BCUT2D eigenvalue weighted by Crippen LogP contribution is 2.27. The summed E-state index contributed by atoms with van der Waals surface area (Å²) < 4.78 is 13.6. The van der Waals surface area contributed by atoms with Gasteiger partial charge in [-0.2, -0.15) is 0 Å². The van der Waals surface area contributed by atoms with Gasteiger partial charge in [-0.3, -0.25) is 0 Å². The number of benzene rings is 2. The van der Waals surface area contributed by atoms with Gasteiger partial charge in [-0.1, -0.05) is 29.8 Å². The minimum atomic E-state index is -0.431. The van der Waals surface area contributed by atoms with E-state index in [9.17, 15) is 9.18 Å². The van der Waals surface area contributed by atoms with Crippen molar-refractivity contribution < 1.29 is 9.18 Å². The van der Waals surface area contributed by atoms with Crippen molar-refractivity contribution in [1.82, 2.24) is 4.90 Å². The van der Waals surface area contributed by atoms with E-state index >= 15 is 0 Å². The average Bonchev–Trinajstić information content (AvgIpc) is 2.59. The van der Waals surface area contributed by atoms with Crippen molar-refractivity contribution in [2.75, 3.05) is 36.4 Å². The number of para-hydroxylation sites is 1. The lowest BCUT2D eigenvalue weighted by Gasteiger charge is -2.36. The maximum atomic E-state index is 13.6. The minimum Gasteiger partial charge on any atom is -0.368 e. The Labute approximate surface area is 145 Å². The Bertz CT molecular complexity index is 745. The van der Waals surface area contributed by atoms with E-state index in [0.29, 0.717) is 26.2 Å². The van der Waals surface area contributed by atoms with Gasteiger partial charge in [0.2, 0.25) is 0 Å². The van der Waals surface area contributed by atoms with Gasteiger partial charge < -0.3 is 15.1 Å². The van der Waals surface area contributed by atoms with E-state index in [2.05, 4.69) is 10.2 Å². The van der Waals surface area contributed by atoms with Crippen LogP contribution in [0.4, 0.5) is 20.6 Å². The molecule has 0 saturated carbocycles. The summed E-state index contributed by atoms with van der Waals surface area (Å²) in [5.74, 6) is -0.431. The quantitative estimate of drug-likeness (QED) is 0.886. The molecular formula is C18H19ClFN3O. The molecule has 0 spiro atoms. The molecule has 6 heteroatoms. The number of urea groups is 1. The molecule has 0 aromatic heterocycles. The third-order valence-corrected chi connectivity index (χ3v) is 4.67. The Hall–Kier alpha value is -2.27. The maximum absolute atomic E-state index is 13.6. The fourth-order valence-electron chi connectivity index (χ4n) is 2.85. The zero-order valence-corrected chi connectivity index (χ0v) is 14.2. The fraction of sp³-hybridized carbons (Fsp3) is 0.278. The van der Waals surface area contributed by atoms with Gasteiger partial charge in [0.05, 0.1) is 5.69 Å². The molecule has 0 atom stereocenters. The van der Waals surface area contributed by atoms with Crippen LogP contribution in [0.15, 0.2) is 42.5 Å². The summed E-state index contributed by atoms with van der Waals surface area (Å²) in [4.78, 5) is 16.2. The lowest BCUT2D eigenvalue weighted by atomic mass is 10.1. The second kappa shape index (κ2) is 7.09. The molecule has 0 aliphatic carbocycles. The molecule has 1 heterocycles. The van der Waals surface area contributed by atoms with Crippen molar-refractivity contribution in [3.63, 3.8) is 0 Å². The largest absolute Gasteiger partial charge is 0.368 e. The average molecular weight is 348 g/mol. The zero-order chi connectivity index (χ0) is 17.1. The standard InChI is InChI=1S/C18H19ClFN3O/c1-13-14(19)5-4-8-17(13)22-9-11-23(12-10-22)18(24)21-16-7-3-2-6-15(16)20/h2-8H,9-12H2,1H3,(H,21,24). The van der Waals surface area contributed by atoms with E-state index in [-0.39, 0.29) is 11.7 Å². The summed E-state index contributed by atoms with van der Waals surface area (Å²) in [6, 6.07) is 11.7. The number of carbonyl (C=O) groups excluding carboxylic acids is 1. The van der Waals surface area contributed by atoms with Crippen LogP contribution >= 0.6 is 11.6 Å². The second-order valence-corrected chi connectivity index (χ2v) is 6.18. The van der Waals surface area contributed by atoms with Gasteiger partial charge in [0, 0.05) is 36.9 Å². The first-order valence-electron chi connectivity index (χ1n) is 7.87. The molecule has 0 unspecified atom stereocenters. The Morgan fingerprint density at radius 2 is 1.79 bits per heavy atom. The molecule has 2 aromatic rings. The molecule has 2 aromatic carbocycles. The maximum Gasteiger partial charge on any atom is 0.322 e. The number of carbonyl (C=O) groups is 1. The highest BCUT2D eigenvalue weighted by Gasteiger charge is 2.23. The number of amides is 2. The summed E-state index contributed by atoms with van der Waals surface area (Å²) in [5.41, 5.74) is 2.34. The lowest BCUT2D eigenvalue weighted by molar-refractivity contribution is 0.208. The SMILES string of the molecule is Cc1c(Cl)cccc1N1CCN(C(=O)Nc2ccccc2F)CC1. The Morgan fingerprint density at radius 3 is 2.50 bits per heavy atom. The van der Waals surface area contributed by atoms with Crippen LogP contribution in [-0.2, 0) is 0 Å². The van der Waals surface area contributed by atoms with E-state index in [1.807, 2.05) is 25.1 Å². The molecule has 1 aliphatic heterocycles. The van der Waals surface area contributed by atoms with Crippen molar-refractivity contribution in [1.29, 1.82) is 0 Å². The third-order valence-electron chi connectivity index (χ3n) is 4.26. The van der Waals surface area contributed by atoms with Crippen LogP contribution in [-0.4, -0.2) is 37.1 Å². The lowest BCUT2D eigenvalue weighted by Crippen LogP contribution is -2.50. The van der Waals surface area contributed by atoms with Gasteiger partial charge in [0.15, 0.2) is 0 Å². The van der Waals surface area contributed by atoms with Crippen molar-refractivity contribution in [2.45, 2.75) is 6.92 Å². The molecule has 1 fully saturated rings. The van der Waals surface area contributed by atoms with Gasteiger partial charge in [-0.25, -0.2) is 9.18 Å². The van der Waals surface area contributed by atoms with Crippen molar-refractivity contribution in [3.8, 4) is 0 Å². The number of nitrogens with one attached hydrogen (secondary N) is 1. The summed E-state index contributed by atoms with van der Waals surface area (Å²) in [7, 11) is 0. The molecule has 1 aliphatic rings. The van der Waals surface area contributed by atoms with Crippen LogP contribution in [0, 0.1) is 12.7 Å². The Balaban J connectivity index is 1.62. The van der Waals surface area contributed by atoms with E-state index in [4.69, 9.17) is 11.6 Å². The topological polar surface area (TPSA) is 35.6 Å². The molecule has 3 rings (SSSR count). The summed E-state index contributed by atoms with van der Waals surface area (Å²) in [6.07, 6.45) is 0. The summed E-state index contributed by atoms with van der Waals surface area (Å²) in [6.45, 7) is 4.57. The molecule has 4 nitrogen and oxygen atoms in total. The Kier molecular flexibility index (Phi) is 4.90. The van der Waals surface area contributed by atoms with Crippen molar-refractivity contribution >= 4 is 29.0 Å². The molecule has 1 N–H and O–H groups in total. The fourth-order valence-corrected chi connectivity index (χ4v) is 3.02. The predicted molar refractivity (Wildman–Crippen MR) is 95.4 cm³/mol. The van der Waals surface area contributed by atoms with Crippen LogP contribution in [0.3, 0.4) is 0 Å². The van der Waals surface area contributed by atoms with Crippen LogP contribution < -0.4 is 10.2 Å². The van der Waals surface area contributed by atoms with E-state index in [1.54, 1.807) is 23.1 Å². The molecule has 0 radical (unpaired) electrons. The number of rotatable bonds is 2. The number of hydrogen-bond acceptors (Lipinski definition) is 2. The first-order chi connectivity index (χ1) is 11.6. The Morgan fingerprint density at radius 1 is 1.08 bits per heavy atom. The van der Waals surface area contributed by atoms with Gasteiger partial charge in [0.25, 0.3) is 0 Å². The molecule has 2 amide bonds. The van der Waals surface area contributed by atoms with Gasteiger partial charge in [-0.15, -0.1) is 0 Å². The van der Waals surface area contributed by atoms with Crippen LogP contribution in [0.1, 0.15) is 5.56 Å². The van der Waals surface area contributed by atoms with Gasteiger partial charge in [0.1, 0.15) is 5.82 Å². The van der Waals surface area contributed by atoms with Crippen molar-refractivity contribution in [3.05, 3.63) is 58.9 Å². The first kappa shape index (κ1) is 16.6. The molecule has 24 heavy (non-hydrogen) atoms. The smallest absolute Gasteiger partial charge is 0.322 e. The van der Waals surface area contributed by atoms with Gasteiger partial charge >= 0.3 is 6.03 Å². The summed E-state index contributed by atoms with van der Waals surface area (Å²) in [5, 5.41) is 3.37. The predicted octanol–water partition coefficient (Wildman–Crippen LogP) is 4.14. The number of nitrogens with zero attached hydrogens (tertiary/aromatic N) is 2. The third kappa shape index (κ3) is 3.46. The van der Waals surface area contributed by atoms with Gasteiger partial charge in [-0.05, 0) is 36.8 Å². The number of anilines is 2. The summed E-state index contributed by atoms with van der Waals surface area (Å²) >= 11 is 6.18. The monoisotopic (exact) mass is 347 g/mol. The molecule has 1 saturated heterocycles. The molecule has 126 valence electrons. The first-order valence-corrected chi connectivity index (χ1v) is 8.24. The van der Waals surface area contributed by atoms with Crippen molar-refractivity contribution in [2.24, 2.45) is 0 Å². The zero-order valence-electron chi connectivity index (χ0n) is 13.4. The van der Waals surface area contributed by atoms with Crippen LogP contribution in [0.5, 0.6) is 0 Å². The highest BCUT2D eigenvalue weighted by atomic mass is 35.5. The highest BCUT2D eigenvalue weighted by molar-refractivity contribution is 6.31. The number of hydrogen-bond donors (Lipinski definition) is 1. The van der Waals surface area contributed by atoms with Crippen LogP contribution in [0.2, 0.25) is 5.02 Å². The minimum absolute atomic E-state index is 0.204. The second-order valence-electron chi connectivity index (χ2n) is 5.77. The van der Waals surface area contributed by atoms with Crippen LogP contribution in [0.25, 0.3) is 0 Å². The molecule has 0 bridgehead atoms.